The van der Waals surface area contributed by atoms with Crippen molar-refractivity contribution in [2.75, 3.05) is 43.4 Å². The molecule has 12 heteroatoms. The second-order valence-corrected chi connectivity index (χ2v) is 8.99. The summed E-state index contributed by atoms with van der Waals surface area (Å²) in [5, 5.41) is 13.0. The summed E-state index contributed by atoms with van der Waals surface area (Å²) >= 11 is 0. The van der Waals surface area contributed by atoms with Crippen molar-refractivity contribution >= 4 is 22.8 Å². The highest BCUT2D eigenvalue weighted by molar-refractivity contribution is 5.94. The molecule has 2 N–H and O–H groups in total. The van der Waals surface area contributed by atoms with Crippen LogP contribution in [0.2, 0.25) is 0 Å². The third-order valence-corrected chi connectivity index (χ3v) is 6.47. The molecular weight excluding hydrogens is 483 g/mol. The van der Waals surface area contributed by atoms with E-state index in [1.54, 1.807) is 6.20 Å². The van der Waals surface area contributed by atoms with Crippen molar-refractivity contribution in [2.24, 2.45) is 0 Å². The highest BCUT2D eigenvalue weighted by Crippen LogP contribution is 2.35. The van der Waals surface area contributed by atoms with Gasteiger partial charge in [0.05, 0.1) is 29.1 Å². The van der Waals surface area contributed by atoms with Gasteiger partial charge in [0.2, 0.25) is 5.95 Å². The molecule has 0 unspecified atom stereocenters. The number of aromatic nitrogens is 5. The molecule has 0 spiro atoms. The SMILES string of the molecule is C[C@@H](Nc1ncc(C#N)c(-c2c[nH]c3ncc(C(F)(F)F)cc23)n1)c1ccc(N2CCN(C)CC2)nc1. The molecule has 5 heterocycles. The summed E-state index contributed by atoms with van der Waals surface area (Å²) in [6, 6.07) is 6.79. The van der Waals surface area contributed by atoms with Gasteiger partial charge in [-0.1, -0.05) is 6.07 Å². The molecule has 9 nitrogen and oxygen atoms in total. The fraction of sp³-hybridized carbons (Fsp3) is 0.320. The van der Waals surface area contributed by atoms with E-state index in [4.69, 9.17) is 0 Å². The molecule has 190 valence electrons. The molecule has 0 amide bonds. The zero-order valence-corrected chi connectivity index (χ0v) is 20.2. The van der Waals surface area contributed by atoms with Gasteiger partial charge in [0.15, 0.2) is 0 Å². The minimum absolute atomic E-state index is 0.134. The van der Waals surface area contributed by atoms with Gasteiger partial charge in [-0.25, -0.2) is 19.9 Å². The highest BCUT2D eigenvalue weighted by atomic mass is 19.4. The fourth-order valence-corrected chi connectivity index (χ4v) is 4.25. The van der Waals surface area contributed by atoms with Crippen molar-refractivity contribution < 1.29 is 13.2 Å². The highest BCUT2D eigenvalue weighted by Gasteiger charge is 2.31. The third kappa shape index (κ3) is 5.03. The lowest BCUT2D eigenvalue weighted by Gasteiger charge is -2.33. The molecule has 0 aromatic carbocycles. The number of H-pyrrole nitrogens is 1. The first kappa shape index (κ1) is 24.5. The van der Waals surface area contributed by atoms with Crippen LogP contribution in [0.4, 0.5) is 24.9 Å². The fourth-order valence-electron chi connectivity index (χ4n) is 4.25. The molecule has 1 saturated heterocycles. The summed E-state index contributed by atoms with van der Waals surface area (Å²) in [7, 11) is 2.10. The smallest absolute Gasteiger partial charge is 0.354 e. The Bertz CT molecular complexity index is 1450. The van der Waals surface area contributed by atoms with Gasteiger partial charge in [0.25, 0.3) is 0 Å². The maximum atomic E-state index is 13.3. The number of alkyl halides is 3. The van der Waals surface area contributed by atoms with Crippen LogP contribution in [0.25, 0.3) is 22.3 Å². The maximum absolute atomic E-state index is 13.3. The number of aromatic amines is 1. The van der Waals surface area contributed by atoms with Crippen molar-refractivity contribution in [2.45, 2.75) is 19.1 Å². The second-order valence-electron chi connectivity index (χ2n) is 8.99. The number of nitrogens with one attached hydrogen (secondary N) is 2. The van der Waals surface area contributed by atoms with Crippen molar-refractivity contribution in [3.63, 3.8) is 0 Å². The van der Waals surface area contributed by atoms with Crippen LogP contribution in [0.5, 0.6) is 0 Å². The van der Waals surface area contributed by atoms with Crippen molar-refractivity contribution in [3.8, 4) is 17.3 Å². The lowest BCUT2D eigenvalue weighted by Crippen LogP contribution is -2.44. The number of nitriles is 1. The predicted molar refractivity (Wildman–Crippen MR) is 133 cm³/mol. The summed E-state index contributed by atoms with van der Waals surface area (Å²) in [6.45, 7) is 5.76. The lowest BCUT2D eigenvalue weighted by molar-refractivity contribution is -0.137. The number of halogens is 3. The van der Waals surface area contributed by atoms with Crippen molar-refractivity contribution in [1.82, 2.24) is 29.8 Å². The van der Waals surface area contributed by atoms with E-state index in [0.717, 1.165) is 49.8 Å². The first-order chi connectivity index (χ1) is 17.7. The summed E-state index contributed by atoms with van der Waals surface area (Å²) < 4.78 is 39.8. The van der Waals surface area contributed by atoms with Gasteiger partial charge in [-0.05, 0) is 31.7 Å². The van der Waals surface area contributed by atoms with Crippen LogP contribution in [0.3, 0.4) is 0 Å². The Labute approximate surface area is 211 Å². The van der Waals surface area contributed by atoms with Gasteiger partial charge in [-0.2, -0.15) is 18.4 Å². The van der Waals surface area contributed by atoms with Crippen molar-refractivity contribution in [1.29, 1.82) is 5.26 Å². The maximum Gasteiger partial charge on any atom is 0.417 e. The molecule has 5 rings (SSSR count). The number of pyridine rings is 2. The number of fused-ring (bicyclic) bond motifs is 1. The molecule has 1 fully saturated rings. The van der Waals surface area contributed by atoms with Crippen LogP contribution >= 0.6 is 0 Å². The molecule has 0 saturated carbocycles. The van der Waals surface area contributed by atoms with Gasteiger partial charge in [-0.15, -0.1) is 0 Å². The van der Waals surface area contributed by atoms with Gasteiger partial charge in [0, 0.05) is 55.7 Å². The van der Waals surface area contributed by atoms with Gasteiger partial charge in [0.1, 0.15) is 17.5 Å². The van der Waals surface area contributed by atoms with E-state index >= 15 is 0 Å². The average molecular weight is 508 g/mol. The topological polar surface area (TPSA) is 110 Å². The van der Waals surface area contributed by atoms with E-state index in [0.29, 0.717) is 5.56 Å². The molecule has 4 aromatic heterocycles. The second kappa shape index (κ2) is 9.67. The molecule has 1 aliphatic rings. The summed E-state index contributed by atoms with van der Waals surface area (Å²) in [5.74, 6) is 1.16. The molecular formula is C25H24F3N9. The average Bonchev–Trinajstić information content (AvgIpc) is 3.32. The zero-order valence-electron chi connectivity index (χ0n) is 20.2. The van der Waals surface area contributed by atoms with Crippen LogP contribution < -0.4 is 10.2 Å². The Kier molecular flexibility index (Phi) is 6.39. The molecule has 0 aliphatic carbocycles. The van der Waals surface area contributed by atoms with Gasteiger partial charge in [-0.3, -0.25) is 0 Å². The molecule has 1 atom stereocenters. The number of rotatable bonds is 5. The van der Waals surface area contributed by atoms with E-state index in [1.807, 2.05) is 25.1 Å². The third-order valence-electron chi connectivity index (χ3n) is 6.47. The van der Waals surface area contributed by atoms with Crippen molar-refractivity contribution in [3.05, 3.63) is 59.7 Å². The monoisotopic (exact) mass is 507 g/mol. The first-order valence-corrected chi connectivity index (χ1v) is 11.7. The molecule has 0 radical (unpaired) electrons. The minimum Gasteiger partial charge on any atom is -0.354 e. The Morgan fingerprint density at radius 1 is 1.08 bits per heavy atom. The number of anilines is 2. The quantitative estimate of drug-likeness (QED) is 0.413. The van der Waals surface area contributed by atoms with E-state index in [9.17, 15) is 18.4 Å². The Morgan fingerprint density at radius 2 is 1.86 bits per heavy atom. The molecule has 4 aromatic rings. The van der Waals surface area contributed by atoms with E-state index in [2.05, 4.69) is 47.1 Å². The van der Waals surface area contributed by atoms with Gasteiger partial charge >= 0.3 is 6.18 Å². The summed E-state index contributed by atoms with van der Waals surface area (Å²) in [5.41, 5.74) is 0.977. The Balaban J connectivity index is 1.40. The summed E-state index contributed by atoms with van der Waals surface area (Å²) in [6.07, 6.45) is 0.877. The Hall–Kier alpha value is -4.24. The van der Waals surface area contributed by atoms with Crippen LogP contribution in [-0.4, -0.2) is 63.0 Å². The van der Waals surface area contributed by atoms with E-state index in [1.165, 1.54) is 12.4 Å². The van der Waals surface area contributed by atoms with Gasteiger partial charge < -0.3 is 20.1 Å². The van der Waals surface area contributed by atoms with Crippen LogP contribution in [0, 0.1) is 11.3 Å². The largest absolute Gasteiger partial charge is 0.417 e. The zero-order chi connectivity index (χ0) is 26.2. The number of likely N-dealkylation sites (N-methyl/N-ethyl adjacent to an activating group) is 1. The lowest BCUT2D eigenvalue weighted by atomic mass is 10.1. The summed E-state index contributed by atoms with van der Waals surface area (Å²) in [4.78, 5) is 24.6. The van der Waals surface area contributed by atoms with Crippen LogP contribution in [0.1, 0.15) is 29.7 Å². The number of piperazine rings is 1. The molecule has 1 aliphatic heterocycles. The van der Waals surface area contributed by atoms with Crippen LogP contribution in [-0.2, 0) is 6.18 Å². The number of hydrogen-bond acceptors (Lipinski definition) is 8. The number of hydrogen-bond donors (Lipinski definition) is 2. The first-order valence-electron chi connectivity index (χ1n) is 11.7. The Morgan fingerprint density at radius 3 is 2.54 bits per heavy atom. The van der Waals surface area contributed by atoms with E-state index in [-0.39, 0.29) is 34.3 Å². The minimum atomic E-state index is -4.55. The standard InChI is InChI=1S/C25H24F3N9/c1-15(16-3-4-21(30-11-16)37-7-5-36(2)6-8-37)34-24-33-12-17(10-29)22(35-24)20-14-32-23-19(20)9-18(13-31-23)25(26,27)28/h3-4,9,11-15H,5-8H2,1-2H3,(H,31,32)(H,33,34,35)/t15-/m1/s1. The molecule has 0 bridgehead atoms. The predicted octanol–water partition coefficient (Wildman–Crippen LogP) is 4.23. The van der Waals surface area contributed by atoms with Crippen LogP contribution in [0.15, 0.2) is 43.0 Å². The normalized spacial score (nSPS) is 15.5. The number of nitrogens with zero attached hydrogens (tertiary/aromatic N) is 7. The molecule has 37 heavy (non-hydrogen) atoms. The van der Waals surface area contributed by atoms with E-state index < -0.39 is 11.7 Å².